The zero-order chi connectivity index (χ0) is 15.7. The highest BCUT2D eigenvalue weighted by molar-refractivity contribution is 6.30. The summed E-state index contributed by atoms with van der Waals surface area (Å²) in [5.74, 6) is 0. The van der Waals surface area contributed by atoms with Gasteiger partial charge in [0.2, 0.25) is 0 Å². The van der Waals surface area contributed by atoms with E-state index in [-0.39, 0.29) is 0 Å². The summed E-state index contributed by atoms with van der Waals surface area (Å²) in [4.78, 5) is 0. The van der Waals surface area contributed by atoms with E-state index >= 15 is 0 Å². The number of benzene rings is 2. The van der Waals surface area contributed by atoms with Crippen LogP contribution in [0.4, 0.5) is 0 Å². The average Bonchev–Trinajstić information content (AvgIpc) is 2.91. The maximum Gasteiger partial charge on any atom is 0.105 e. The van der Waals surface area contributed by atoms with Crippen LogP contribution >= 0.6 is 11.6 Å². The Morgan fingerprint density at radius 3 is 2.27 bits per heavy atom. The van der Waals surface area contributed by atoms with Crippen molar-refractivity contribution < 1.29 is 0 Å². The van der Waals surface area contributed by atoms with Crippen molar-refractivity contribution in [1.29, 1.82) is 0 Å². The van der Waals surface area contributed by atoms with E-state index in [0.29, 0.717) is 11.6 Å². The zero-order valence-corrected chi connectivity index (χ0v) is 13.3. The van der Waals surface area contributed by atoms with Gasteiger partial charge in [0.1, 0.15) is 5.69 Å². The third-order valence-electron chi connectivity index (χ3n) is 3.50. The number of hydrogen-bond donors (Lipinski definition) is 1. The van der Waals surface area contributed by atoms with E-state index in [2.05, 4.69) is 42.4 Å². The van der Waals surface area contributed by atoms with Gasteiger partial charge in [0.05, 0.1) is 11.4 Å². The topological polar surface area (TPSA) is 56.7 Å². The van der Waals surface area contributed by atoms with Crippen molar-refractivity contribution in [3.05, 3.63) is 64.3 Å². The van der Waals surface area contributed by atoms with Crippen LogP contribution in [-0.2, 0) is 6.54 Å². The van der Waals surface area contributed by atoms with Crippen molar-refractivity contribution in [3.8, 4) is 16.9 Å². The summed E-state index contributed by atoms with van der Waals surface area (Å²) in [6.07, 6.45) is 0. The van der Waals surface area contributed by atoms with Gasteiger partial charge in [-0.25, -0.2) is 4.68 Å². The number of nitrogens with zero attached hydrogens (tertiary/aromatic N) is 3. The van der Waals surface area contributed by atoms with Gasteiger partial charge >= 0.3 is 0 Å². The van der Waals surface area contributed by atoms with Crippen LogP contribution in [0.2, 0.25) is 5.02 Å². The van der Waals surface area contributed by atoms with E-state index in [4.69, 9.17) is 17.3 Å². The van der Waals surface area contributed by atoms with Gasteiger partial charge in [0.15, 0.2) is 0 Å². The Morgan fingerprint density at radius 2 is 1.68 bits per heavy atom. The molecule has 2 N–H and O–H groups in total. The Bertz CT molecular complexity index is 786. The highest BCUT2D eigenvalue weighted by Crippen LogP contribution is 2.27. The van der Waals surface area contributed by atoms with Crippen molar-refractivity contribution in [2.75, 3.05) is 0 Å². The molecule has 0 saturated heterocycles. The lowest BCUT2D eigenvalue weighted by molar-refractivity contribution is 0.798. The largest absolute Gasteiger partial charge is 0.325 e. The Kier molecular flexibility index (Phi) is 3.96. The second-order valence-corrected chi connectivity index (χ2v) is 5.79. The molecule has 3 aromatic rings. The molecule has 0 amide bonds. The summed E-state index contributed by atoms with van der Waals surface area (Å²) < 4.78 is 1.84. The number of aryl methyl sites for hydroxylation is 2. The van der Waals surface area contributed by atoms with Crippen LogP contribution in [0.15, 0.2) is 42.5 Å². The molecule has 0 saturated carbocycles. The van der Waals surface area contributed by atoms with Crippen molar-refractivity contribution in [1.82, 2.24) is 15.0 Å². The van der Waals surface area contributed by atoms with Gasteiger partial charge in [-0.05, 0) is 49.2 Å². The highest BCUT2D eigenvalue weighted by Gasteiger charge is 2.15. The normalized spacial score (nSPS) is 10.9. The molecule has 0 atom stereocenters. The minimum absolute atomic E-state index is 0.336. The summed E-state index contributed by atoms with van der Waals surface area (Å²) >= 11 is 5.98. The first-order chi connectivity index (χ1) is 10.6. The Morgan fingerprint density at radius 1 is 1.05 bits per heavy atom. The van der Waals surface area contributed by atoms with E-state index < -0.39 is 0 Å². The molecule has 2 aromatic carbocycles. The standard InChI is InChI=1S/C17H17ClN4/c1-11-7-12(2)9-15(8-11)22-17(16(10-19)20-21-22)13-3-5-14(18)6-4-13/h3-9H,10,19H2,1-2H3. The van der Waals surface area contributed by atoms with Gasteiger partial charge in [-0.1, -0.05) is 35.0 Å². The average molecular weight is 313 g/mol. The maximum atomic E-state index is 5.98. The first-order valence-corrected chi connectivity index (χ1v) is 7.45. The molecule has 0 unspecified atom stereocenters. The summed E-state index contributed by atoms with van der Waals surface area (Å²) in [5.41, 5.74) is 11.8. The molecule has 0 aliphatic carbocycles. The van der Waals surface area contributed by atoms with E-state index in [9.17, 15) is 0 Å². The third kappa shape index (κ3) is 2.75. The van der Waals surface area contributed by atoms with Crippen LogP contribution in [0.25, 0.3) is 16.9 Å². The molecule has 3 rings (SSSR count). The van der Waals surface area contributed by atoms with Crippen molar-refractivity contribution in [2.24, 2.45) is 5.73 Å². The van der Waals surface area contributed by atoms with Gasteiger partial charge in [-0.2, -0.15) is 0 Å². The van der Waals surface area contributed by atoms with Crippen molar-refractivity contribution in [3.63, 3.8) is 0 Å². The molecular weight excluding hydrogens is 296 g/mol. The smallest absolute Gasteiger partial charge is 0.105 e. The van der Waals surface area contributed by atoms with Crippen molar-refractivity contribution in [2.45, 2.75) is 20.4 Å². The Labute approximate surface area is 134 Å². The molecule has 0 aliphatic rings. The zero-order valence-electron chi connectivity index (χ0n) is 12.5. The van der Waals surface area contributed by atoms with Gasteiger partial charge in [0.25, 0.3) is 0 Å². The van der Waals surface area contributed by atoms with Crippen LogP contribution in [0.1, 0.15) is 16.8 Å². The summed E-state index contributed by atoms with van der Waals surface area (Å²) in [7, 11) is 0. The number of rotatable bonds is 3. The highest BCUT2D eigenvalue weighted by atomic mass is 35.5. The van der Waals surface area contributed by atoms with Gasteiger partial charge in [-0.3, -0.25) is 0 Å². The van der Waals surface area contributed by atoms with Gasteiger partial charge < -0.3 is 5.73 Å². The lowest BCUT2D eigenvalue weighted by Crippen LogP contribution is -2.03. The van der Waals surface area contributed by atoms with E-state index in [1.165, 1.54) is 11.1 Å². The predicted molar refractivity (Wildman–Crippen MR) is 89.2 cm³/mol. The third-order valence-corrected chi connectivity index (χ3v) is 3.75. The minimum Gasteiger partial charge on any atom is -0.325 e. The molecule has 0 radical (unpaired) electrons. The SMILES string of the molecule is Cc1cc(C)cc(-n2nnc(CN)c2-c2ccc(Cl)cc2)c1. The number of hydrogen-bond acceptors (Lipinski definition) is 3. The maximum absolute atomic E-state index is 5.98. The number of aromatic nitrogens is 3. The fraction of sp³-hybridized carbons (Fsp3) is 0.176. The fourth-order valence-electron chi connectivity index (χ4n) is 2.60. The first kappa shape index (κ1) is 14.8. The first-order valence-electron chi connectivity index (χ1n) is 7.08. The molecule has 0 aliphatic heterocycles. The van der Waals surface area contributed by atoms with E-state index in [1.807, 2.05) is 28.9 Å². The Balaban J connectivity index is 2.20. The molecule has 112 valence electrons. The van der Waals surface area contributed by atoms with E-state index in [0.717, 1.165) is 22.6 Å². The predicted octanol–water partition coefficient (Wildman–Crippen LogP) is 3.66. The van der Waals surface area contributed by atoms with Gasteiger partial charge in [0, 0.05) is 17.1 Å². The lowest BCUT2D eigenvalue weighted by atomic mass is 10.1. The van der Waals surface area contributed by atoms with E-state index in [1.54, 1.807) is 0 Å². The van der Waals surface area contributed by atoms with Crippen LogP contribution < -0.4 is 5.73 Å². The minimum atomic E-state index is 0.336. The molecular formula is C17H17ClN4. The molecule has 0 spiro atoms. The second kappa shape index (κ2) is 5.91. The number of halogens is 1. The molecule has 0 fully saturated rings. The summed E-state index contributed by atoms with van der Waals surface area (Å²) in [6, 6.07) is 13.9. The van der Waals surface area contributed by atoms with Crippen LogP contribution in [0.5, 0.6) is 0 Å². The second-order valence-electron chi connectivity index (χ2n) is 5.35. The molecule has 4 nitrogen and oxygen atoms in total. The monoisotopic (exact) mass is 312 g/mol. The van der Waals surface area contributed by atoms with Gasteiger partial charge in [-0.15, -0.1) is 5.10 Å². The fourth-order valence-corrected chi connectivity index (χ4v) is 2.73. The molecule has 1 heterocycles. The summed E-state index contributed by atoms with van der Waals surface area (Å²) in [5, 5.41) is 9.21. The van der Waals surface area contributed by atoms with Crippen molar-refractivity contribution >= 4 is 11.6 Å². The summed E-state index contributed by atoms with van der Waals surface area (Å²) in [6.45, 7) is 4.47. The Hall–Kier alpha value is -2.17. The van der Waals surface area contributed by atoms with Crippen LogP contribution in [0.3, 0.4) is 0 Å². The molecule has 22 heavy (non-hydrogen) atoms. The lowest BCUT2D eigenvalue weighted by Gasteiger charge is -2.10. The molecule has 1 aromatic heterocycles. The quantitative estimate of drug-likeness (QED) is 0.803. The molecule has 0 bridgehead atoms. The van der Waals surface area contributed by atoms with Crippen LogP contribution in [-0.4, -0.2) is 15.0 Å². The number of nitrogens with two attached hydrogens (primary N) is 1. The van der Waals surface area contributed by atoms with Crippen LogP contribution in [0, 0.1) is 13.8 Å². The molecule has 5 heteroatoms.